The first kappa shape index (κ1) is 13.4. The van der Waals surface area contributed by atoms with Crippen LogP contribution in [0, 0.1) is 17.3 Å². The molecule has 1 aliphatic heterocycles. The first-order valence-corrected chi connectivity index (χ1v) is 6.81. The average Bonchev–Trinajstić information content (AvgIpc) is 2.64. The van der Waals surface area contributed by atoms with Gasteiger partial charge in [-0.3, -0.25) is 9.59 Å². The molecule has 0 aromatic carbocycles. The predicted octanol–water partition coefficient (Wildman–Crippen LogP) is 2.31. The zero-order valence-corrected chi connectivity index (χ0v) is 11.4. The monoisotopic (exact) mass is 254 g/mol. The van der Waals surface area contributed by atoms with Gasteiger partial charge in [-0.05, 0) is 39.5 Å². The summed E-state index contributed by atoms with van der Waals surface area (Å²) in [6.07, 6.45) is 3.32. The molecule has 2 bridgehead atoms. The highest BCUT2D eigenvalue weighted by Crippen LogP contribution is 2.38. The molecular formula is C14H22O4. The lowest BCUT2D eigenvalue weighted by atomic mass is 9.82. The number of carbonyl (C=O) groups excluding carboxylic acids is 2. The molecule has 0 radical (unpaired) electrons. The quantitative estimate of drug-likeness (QED) is 0.722. The van der Waals surface area contributed by atoms with Gasteiger partial charge in [-0.25, -0.2) is 0 Å². The lowest BCUT2D eigenvalue weighted by Crippen LogP contribution is -2.32. The van der Waals surface area contributed by atoms with Crippen molar-refractivity contribution >= 4 is 11.9 Å². The van der Waals surface area contributed by atoms with Gasteiger partial charge in [0.25, 0.3) is 0 Å². The summed E-state index contributed by atoms with van der Waals surface area (Å²) in [7, 11) is 0. The van der Waals surface area contributed by atoms with Crippen LogP contribution in [0.25, 0.3) is 0 Å². The molecule has 2 rings (SSSR count). The topological polar surface area (TPSA) is 52.6 Å². The number of hydrogen-bond donors (Lipinski definition) is 0. The van der Waals surface area contributed by atoms with Crippen LogP contribution < -0.4 is 0 Å². The van der Waals surface area contributed by atoms with E-state index < -0.39 is 5.41 Å². The second-order valence-corrected chi connectivity index (χ2v) is 6.08. The summed E-state index contributed by atoms with van der Waals surface area (Å²) in [5.74, 6) is 0.0532. The van der Waals surface area contributed by atoms with Crippen molar-refractivity contribution in [3.8, 4) is 0 Å². The first-order valence-electron chi connectivity index (χ1n) is 6.81. The normalized spacial score (nSPS) is 31.1. The maximum atomic E-state index is 11.9. The highest BCUT2D eigenvalue weighted by atomic mass is 16.6. The Morgan fingerprint density at radius 2 is 2.17 bits per heavy atom. The molecule has 102 valence electrons. The summed E-state index contributed by atoms with van der Waals surface area (Å²) < 4.78 is 10.7. The molecule has 0 aromatic heterocycles. The van der Waals surface area contributed by atoms with E-state index in [9.17, 15) is 9.59 Å². The Bertz CT molecular complexity index is 348. The molecule has 18 heavy (non-hydrogen) atoms. The number of hydrogen-bond acceptors (Lipinski definition) is 4. The molecule has 0 N–H and O–H groups in total. The predicted molar refractivity (Wildman–Crippen MR) is 65.7 cm³/mol. The highest BCUT2D eigenvalue weighted by Gasteiger charge is 2.43. The molecule has 1 saturated carbocycles. The minimum atomic E-state index is -0.427. The van der Waals surface area contributed by atoms with E-state index in [1.807, 2.05) is 20.8 Å². The van der Waals surface area contributed by atoms with Gasteiger partial charge in [0.2, 0.25) is 0 Å². The third-order valence-corrected chi connectivity index (χ3v) is 4.39. The minimum absolute atomic E-state index is 0.0335. The zero-order chi connectivity index (χ0) is 13.3. The Balaban J connectivity index is 1.84. The summed E-state index contributed by atoms with van der Waals surface area (Å²) in [4.78, 5) is 23.3. The zero-order valence-electron chi connectivity index (χ0n) is 11.4. The SMILES string of the molecule is CCC(C)(C)C(=O)OCC1CCC2CC1OC2=O. The number of fused-ring (bicyclic) bond motifs is 2. The molecule has 3 atom stereocenters. The van der Waals surface area contributed by atoms with Crippen molar-refractivity contribution in [3.63, 3.8) is 0 Å². The first-order chi connectivity index (χ1) is 8.44. The van der Waals surface area contributed by atoms with Gasteiger partial charge in [-0.2, -0.15) is 0 Å². The van der Waals surface area contributed by atoms with Crippen LogP contribution in [0.15, 0.2) is 0 Å². The van der Waals surface area contributed by atoms with Gasteiger partial charge in [0.15, 0.2) is 0 Å². The molecule has 4 nitrogen and oxygen atoms in total. The Morgan fingerprint density at radius 3 is 2.83 bits per heavy atom. The minimum Gasteiger partial charge on any atom is -0.465 e. The van der Waals surface area contributed by atoms with E-state index in [-0.39, 0.29) is 29.9 Å². The largest absolute Gasteiger partial charge is 0.465 e. The van der Waals surface area contributed by atoms with E-state index >= 15 is 0 Å². The second kappa shape index (κ2) is 4.90. The summed E-state index contributed by atoms with van der Waals surface area (Å²) in [5, 5.41) is 0. The van der Waals surface area contributed by atoms with E-state index in [1.165, 1.54) is 0 Å². The molecular weight excluding hydrogens is 232 g/mol. The van der Waals surface area contributed by atoms with Crippen LogP contribution >= 0.6 is 0 Å². The molecule has 0 spiro atoms. The van der Waals surface area contributed by atoms with Crippen LogP contribution in [-0.2, 0) is 19.1 Å². The third-order valence-electron chi connectivity index (χ3n) is 4.39. The van der Waals surface area contributed by atoms with Crippen molar-refractivity contribution in [1.82, 2.24) is 0 Å². The third kappa shape index (κ3) is 2.52. The second-order valence-electron chi connectivity index (χ2n) is 6.08. The standard InChI is InChI=1S/C14H22O4/c1-4-14(2,3)13(16)17-8-10-6-5-9-7-11(10)18-12(9)15/h9-11H,4-8H2,1-3H3. The number of ether oxygens (including phenoxy) is 2. The molecule has 0 amide bonds. The van der Waals surface area contributed by atoms with Crippen molar-refractivity contribution in [3.05, 3.63) is 0 Å². The average molecular weight is 254 g/mol. The van der Waals surface area contributed by atoms with Gasteiger partial charge in [-0.15, -0.1) is 0 Å². The van der Waals surface area contributed by atoms with Crippen molar-refractivity contribution < 1.29 is 19.1 Å². The molecule has 2 aliphatic rings. The van der Waals surface area contributed by atoms with Crippen molar-refractivity contribution in [1.29, 1.82) is 0 Å². The number of esters is 2. The number of rotatable bonds is 4. The Morgan fingerprint density at radius 1 is 1.44 bits per heavy atom. The van der Waals surface area contributed by atoms with Gasteiger partial charge >= 0.3 is 11.9 Å². The Hall–Kier alpha value is -1.06. The molecule has 1 saturated heterocycles. The van der Waals surface area contributed by atoms with E-state index in [4.69, 9.17) is 9.47 Å². The van der Waals surface area contributed by atoms with Crippen molar-refractivity contribution in [2.45, 2.75) is 52.6 Å². The Labute approximate surface area is 108 Å². The number of carbonyl (C=O) groups is 2. The molecule has 3 unspecified atom stereocenters. The highest BCUT2D eigenvalue weighted by molar-refractivity contribution is 5.76. The van der Waals surface area contributed by atoms with Gasteiger partial charge in [0.05, 0.1) is 17.9 Å². The van der Waals surface area contributed by atoms with E-state index in [0.717, 1.165) is 25.7 Å². The summed E-state index contributed by atoms with van der Waals surface area (Å²) in [6.45, 7) is 6.14. The van der Waals surface area contributed by atoms with Crippen LogP contribution in [0.5, 0.6) is 0 Å². The van der Waals surface area contributed by atoms with Gasteiger partial charge in [0, 0.05) is 5.92 Å². The van der Waals surface area contributed by atoms with Gasteiger partial charge < -0.3 is 9.47 Å². The Kier molecular flexibility index (Phi) is 3.64. The summed E-state index contributed by atoms with van der Waals surface area (Å²) >= 11 is 0. The fourth-order valence-corrected chi connectivity index (χ4v) is 2.51. The molecule has 2 fully saturated rings. The van der Waals surface area contributed by atoms with E-state index in [2.05, 4.69) is 0 Å². The fraction of sp³-hybridized carbons (Fsp3) is 0.857. The fourth-order valence-electron chi connectivity index (χ4n) is 2.51. The van der Waals surface area contributed by atoms with Crippen LogP contribution in [0.1, 0.15) is 46.5 Å². The van der Waals surface area contributed by atoms with Crippen molar-refractivity contribution in [2.24, 2.45) is 17.3 Å². The molecule has 1 heterocycles. The molecule has 4 heteroatoms. The summed E-state index contributed by atoms with van der Waals surface area (Å²) in [5.41, 5.74) is -0.427. The van der Waals surface area contributed by atoms with Crippen LogP contribution in [0.4, 0.5) is 0 Å². The van der Waals surface area contributed by atoms with E-state index in [1.54, 1.807) is 0 Å². The van der Waals surface area contributed by atoms with E-state index in [0.29, 0.717) is 6.61 Å². The van der Waals surface area contributed by atoms with Crippen LogP contribution in [0.3, 0.4) is 0 Å². The van der Waals surface area contributed by atoms with Gasteiger partial charge in [-0.1, -0.05) is 6.92 Å². The summed E-state index contributed by atoms with van der Waals surface area (Å²) in [6, 6.07) is 0. The lowest BCUT2D eigenvalue weighted by Gasteiger charge is -2.27. The van der Waals surface area contributed by atoms with Gasteiger partial charge in [0.1, 0.15) is 6.10 Å². The maximum absolute atomic E-state index is 11.9. The van der Waals surface area contributed by atoms with Crippen LogP contribution in [-0.4, -0.2) is 24.6 Å². The van der Waals surface area contributed by atoms with Crippen LogP contribution in [0.2, 0.25) is 0 Å². The molecule has 1 aliphatic carbocycles. The smallest absolute Gasteiger partial charge is 0.311 e. The maximum Gasteiger partial charge on any atom is 0.311 e. The van der Waals surface area contributed by atoms with Crippen molar-refractivity contribution in [2.75, 3.05) is 6.61 Å². The molecule has 0 aromatic rings. The lowest BCUT2D eigenvalue weighted by molar-refractivity contribution is -0.157.